The highest BCUT2D eigenvalue weighted by Crippen LogP contribution is 2.23. The second kappa shape index (κ2) is 7.17. The van der Waals surface area contributed by atoms with E-state index in [1.54, 1.807) is 16.8 Å². The van der Waals surface area contributed by atoms with Gasteiger partial charge < -0.3 is 15.1 Å². The van der Waals surface area contributed by atoms with Crippen LogP contribution in [0.3, 0.4) is 0 Å². The molecular weight excluding hydrogens is 302 g/mol. The molecule has 1 aliphatic heterocycles. The third-order valence-corrected chi connectivity index (χ3v) is 4.21. The fourth-order valence-electron chi connectivity index (χ4n) is 2.77. The quantitative estimate of drug-likeness (QED) is 0.920. The summed E-state index contributed by atoms with van der Waals surface area (Å²) in [6, 6.07) is 17.2. The van der Waals surface area contributed by atoms with Gasteiger partial charge in [-0.2, -0.15) is 0 Å². The Morgan fingerprint density at radius 3 is 2.46 bits per heavy atom. The lowest BCUT2D eigenvalue weighted by molar-refractivity contribution is -0.117. The van der Waals surface area contributed by atoms with Crippen molar-refractivity contribution >= 4 is 28.9 Å². The van der Waals surface area contributed by atoms with E-state index in [1.165, 1.54) is 0 Å². The maximum absolute atomic E-state index is 12.2. The minimum absolute atomic E-state index is 0.0139. The first-order valence-electron chi connectivity index (χ1n) is 8.11. The van der Waals surface area contributed by atoms with Gasteiger partial charge in [-0.25, -0.2) is 0 Å². The Balaban J connectivity index is 1.56. The molecule has 124 valence electrons. The SMILES string of the molecule is CN(C(=O)CNc1ccc(N2CCCC2=O)cc1)c1ccccc1. The predicted octanol–water partition coefficient (Wildman–Crippen LogP) is 2.89. The number of para-hydroxylation sites is 1. The van der Waals surface area contributed by atoms with E-state index in [4.69, 9.17) is 0 Å². The van der Waals surface area contributed by atoms with Gasteiger partial charge in [-0.05, 0) is 42.8 Å². The summed E-state index contributed by atoms with van der Waals surface area (Å²) >= 11 is 0. The topological polar surface area (TPSA) is 52.7 Å². The van der Waals surface area contributed by atoms with Crippen molar-refractivity contribution in [1.82, 2.24) is 0 Å². The van der Waals surface area contributed by atoms with Gasteiger partial charge in [0.1, 0.15) is 0 Å². The zero-order valence-corrected chi connectivity index (χ0v) is 13.7. The van der Waals surface area contributed by atoms with Crippen LogP contribution in [0.25, 0.3) is 0 Å². The number of nitrogens with one attached hydrogen (secondary N) is 1. The number of benzene rings is 2. The van der Waals surface area contributed by atoms with Gasteiger partial charge in [-0.1, -0.05) is 18.2 Å². The van der Waals surface area contributed by atoms with Gasteiger partial charge in [0.05, 0.1) is 6.54 Å². The third kappa shape index (κ3) is 3.56. The Morgan fingerprint density at radius 1 is 1.12 bits per heavy atom. The van der Waals surface area contributed by atoms with E-state index in [2.05, 4.69) is 5.32 Å². The van der Waals surface area contributed by atoms with Crippen LogP contribution in [0.1, 0.15) is 12.8 Å². The molecule has 0 saturated carbocycles. The van der Waals surface area contributed by atoms with Crippen LogP contribution >= 0.6 is 0 Å². The average Bonchev–Trinajstić information content (AvgIpc) is 3.06. The van der Waals surface area contributed by atoms with E-state index in [1.807, 2.05) is 54.6 Å². The van der Waals surface area contributed by atoms with Gasteiger partial charge in [0.15, 0.2) is 0 Å². The lowest BCUT2D eigenvalue weighted by Gasteiger charge is -2.18. The minimum atomic E-state index is -0.0139. The van der Waals surface area contributed by atoms with Gasteiger partial charge >= 0.3 is 0 Å². The van der Waals surface area contributed by atoms with E-state index in [0.29, 0.717) is 6.42 Å². The molecule has 2 aromatic carbocycles. The highest BCUT2D eigenvalue weighted by molar-refractivity contribution is 5.96. The zero-order chi connectivity index (χ0) is 16.9. The largest absolute Gasteiger partial charge is 0.376 e. The summed E-state index contributed by atoms with van der Waals surface area (Å²) in [6.07, 6.45) is 1.54. The second-order valence-electron chi connectivity index (χ2n) is 5.84. The number of carbonyl (C=O) groups excluding carboxylic acids is 2. The van der Waals surface area contributed by atoms with Crippen molar-refractivity contribution in [2.24, 2.45) is 0 Å². The van der Waals surface area contributed by atoms with Crippen molar-refractivity contribution in [3.05, 3.63) is 54.6 Å². The number of rotatable bonds is 5. The van der Waals surface area contributed by atoms with Crippen molar-refractivity contribution < 1.29 is 9.59 Å². The number of nitrogens with zero attached hydrogens (tertiary/aromatic N) is 2. The van der Waals surface area contributed by atoms with Crippen LogP contribution in [0, 0.1) is 0 Å². The first-order valence-corrected chi connectivity index (χ1v) is 8.11. The molecule has 1 saturated heterocycles. The number of likely N-dealkylation sites (N-methyl/N-ethyl adjacent to an activating group) is 1. The van der Waals surface area contributed by atoms with Crippen molar-refractivity contribution in [3.63, 3.8) is 0 Å². The molecular formula is C19H21N3O2. The molecule has 0 unspecified atom stereocenters. The molecule has 2 aromatic rings. The third-order valence-electron chi connectivity index (χ3n) is 4.21. The molecule has 0 spiro atoms. The maximum atomic E-state index is 12.2. The van der Waals surface area contributed by atoms with Crippen molar-refractivity contribution in [2.45, 2.75) is 12.8 Å². The van der Waals surface area contributed by atoms with Crippen LogP contribution in [-0.2, 0) is 9.59 Å². The molecule has 3 rings (SSSR count). The van der Waals surface area contributed by atoms with Crippen LogP contribution in [0.2, 0.25) is 0 Å². The summed E-state index contributed by atoms with van der Waals surface area (Å²) in [5, 5.41) is 3.13. The lowest BCUT2D eigenvalue weighted by atomic mass is 10.2. The molecule has 1 fully saturated rings. The molecule has 2 amide bonds. The molecule has 5 heteroatoms. The summed E-state index contributed by atoms with van der Waals surface area (Å²) in [5.41, 5.74) is 2.64. The van der Waals surface area contributed by atoms with E-state index in [-0.39, 0.29) is 18.4 Å². The molecule has 0 aromatic heterocycles. The predicted molar refractivity (Wildman–Crippen MR) is 96.4 cm³/mol. The van der Waals surface area contributed by atoms with Gasteiger partial charge in [0.25, 0.3) is 0 Å². The first kappa shape index (κ1) is 16.1. The van der Waals surface area contributed by atoms with Gasteiger partial charge in [-0.15, -0.1) is 0 Å². The minimum Gasteiger partial charge on any atom is -0.376 e. The fraction of sp³-hybridized carbons (Fsp3) is 0.263. The second-order valence-corrected chi connectivity index (χ2v) is 5.84. The molecule has 0 radical (unpaired) electrons. The standard InChI is InChI=1S/C19H21N3O2/c1-21(16-6-3-2-4-7-16)19(24)14-20-15-9-11-17(12-10-15)22-13-5-8-18(22)23/h2-4,6-7,9-12,20H,5,8,13-14H2,1H3. The summed E-state index contributed by atoms with van der Waals surface area (Å²) in [6.45, 7) is 0.999. The van der Waals surface area contributed by atoms with Gasteiger partial charge in [-0.3, -0.25) is 9.59 Å². The molecule has 0 aliphatic carbocycles. The summed E-state index contributed by atoms with van der Waals surface area (Å²) in [7, 11) is 1.77. The van der Waals surface area contributed by atoms with Crippen LogP contribution in [0.4, 0.5) is 17.1 Å². The Labute approximate surface area is 141 Å². The van der Waals surface area contributed by atoms with Gasteiger partial charge in [0, 0.05) is 37.1 Å². The molecule has 1 N–H and O–H groups in total. The number of carbonyl (C=O) groups is 2. The van der Waals surface area contributed by atoms with E-state index < -0.39 is 0 Å². The van der Waals surface area contributed by atoms with Gasteiger partial charge in [0.2, 0.25) is 11.8 Å². The number of amides is 2. The van der Waals surface area contributed by atoms with E-state index in [9.17, 15) is 9.59 Å². The van der Waals surface area contributed by atoms with Crippen molar-refractivity contribution in [3.8, 4) is 0 Å². The van der Waals surface area contributed by atoms with Crippen LogP contribution in [0.15, 0.2) is 54.6 Å². The monoisotopic (exact) mass is 323 g/mol. The van der Waals surface area contributed by atoms with Crippen LogP contribution in [0.5, 0.6) is 0 Å². The Kier molecular flexibility index (Phi) is 4.79. The normalized spacial score (nSPS) is 13.9. The molecule has 0 bridgehead atoms. The van der Waals surface area contributed by atoms with Crippen molar-refractivity contribution in [1.29, 1.82) is 0 Å². The molecule has 1 heterocycles. The maximum Gasteiger partial charge on any atom is 0.246 e. The molecule has 24 heavy (non-hydrogen) atoms. The highest BCUT2D eigenvalue weighted by Gasteiger charge is 2.21. The number of hydrogen-bond donors (Lipinski definition) is 1. The molecule has 1 aliphatic rings. The Morgan fingerprint density at radius 2 is 1.83 bits per heavy atom. The Hall–Kier alpha value is -2.82. The summed E-state index contributed by atoms with van der Waals surface area (Å²) in [4.78, 5) is 27.4. The fourth-order valence-corrected chi connectivity index (χ4v) is 2.77. The number of anilines is 3. The smallest absolute Gasteiger partial charge is 0.246 e. The summed E-state index contributed by atoms with van der Waals surface area (Å²) in [5.74, 6) is 0.162. The van der Waals surface area contributed by atoms with Crippen LogP contribution < -0.4 is 15.1 Å². The molecule has 5 nitrogen and oxygen atoms in total. The molecule has 0 atom stereocenters. The lowest BCUT2D eigenvalue weighted by Crippen LogP contribution is -2.32. The van der Waals surface area contributed by atoms with E-state index in [0.717, 1.165) is 30.0 Å². The highest BCUT2D eigenvalue weighted by atomic mass is 16.2. The van der Waals surface area contributed by atoms with E-state index >= 15 is 0 Å². The zero-order valence-electron chi connectivity index (χ0n) is 13.7. The number of hydrogen-bond acceptors (Lipinski definition) is 3. The van der Waals surface area contributed by atoms with Crippen molar-refractivity contribution in [2.75, 3.05) is 35.3 Å². The summed E-state index contributed by atoms with van der Waals surface area (Å²) < 4.78 is 0. The Bertz CT molecular complexity index is 713. The first-order chi connectivity index (χ1) is 11.6. The average molecular weight is 323 g/mol. The van der Waals surface area contributed by atoms with Crippen LogP contribution in [-0.4, -0.2) is 32.0 Å².